The van der Waals surface area contributed by atoms with E-state index in [1.54, 1.807) is 6.92 Å². The van der Waals surface area contributed by atoms with Gasteiger partial charge in [0.05, 0.1) is 29.4 Å². The van der Waals surface area contributed by atoms with Gasteiger partial charge in [0.1, 0.15) is 5.78 Å². The van der Waals surface area contributed by atoms with E-state index < -0.39 is 17.7 Å². The van der Waals surface area contributed by atoms with Crippen molar-refractivity contribution < 1.29 is 27.5 Å². The second kappa shape index (κ2) is 8.02. The summed E-state index contributed by atoms with van der Waals surface area (Å²) in [6.07, 6.45) is -3.64. The molecule has 1 rings (SSSR count). The Morgan fingerprint density at radius 2 is 2.00 bits per heavy atom. The molecule has 0 aromatic carbocycles. The largest absolute Gasteiger partial charge is 0.466 e. The summed E-state index contributed by atoms with van der Waals surface area (Å²) in [5, 5.41) is 0.326. The van der Waals surface area contributed by atoms with Gasteiger partial charge >= 0.3 is 12.1 Å². The summed E-state index contributed by atoms with van der Waals surface area (Å²) in [6.45, 7) is 1.93. The summed E-state index contributed by atoms with van der Waals surface area (Å²) in [5.74, 6) is -0.573. The second-order valence-electron chi connectivity index (χ2n) is 4.02. The van der Waals surface area contributed by atoms with Crippen LogP contribution in [0.15, 0.2) is 23.4 Å². The fourth-order valence-electron chi connectivity index (χ4n) is 1.33. The third-order valence-corrected chi connectivity index (χ3v) is 3.36. The number of ketones is 1. The van der Waals surface area contributed by atoms with Crippen LogP contribution in [-0.2, 0) is 20.5 Å². The second-order valence-corrected chi connectivity index (χ2v) is 5.01. The summed E-state index contributed by atoms with van der Waals surface area (Å²) < 4.78 is 41.7. The highest BCUT2D eigenvalue weighted by Gasteiger charge is 2.30. The zero-order chi connectivity index (χ0) is 15.9. The topological polar surface area (TPSA) is 56.3 Å². The van der Waals surface area contributed by atoms with Crippen LogP contribution in [0.25, 0.3) is 0 Å². The lowest BCUT2D eigenvalue weighted by molar-refractivity contribution is -0.144. The number of carbonyl (C=O) groups excluding carboxylic acids is 2. The number of hydrogen-bond donors (Lipinski definition) is 0. The van der Waals surface area contributed by atoms with Gasteiger partial charge in [-0.05, 0) is 19.1 Å². The number of thioether (sulfide) groups is 1. The van der Waals surface area contributed by atoms with E-state index >= 15 is 0 Å². The molecular weight excluding hydrogens is 307 g/mol. The number of rotatable bonds is 7. The predicted octanol–water partition coefficient (Wildman–Crippen LogP) is 3.10. The molecule has 0 N–H and O–H groups in total. The van der Waals surface area contributed by atoms with Gasteiger partial charge in [-0.3, -0.25) is 9.59 Å². The van der Waals surface area contributed by atoms with Crippen LogP contribution in [0.3, 0.4) is 0 Å². The van der Waals surface area contributed by atoms with E-state index in [4.69, 9.17) is 0 Å². The molecule has 0 aliphatic carbocycles. The minimum absolute atomic E-state index is 0.00761. The van der Waals surface area contributed by atoms with Gasteiger partial charge in [-0.1, -0.05) is 11.8 Å². The van der Waals surface area contributed by atoms with Crippen molar-refractivity contribution in [2.45, 2.75) is 31.0 Å². The molecule has 0 saturated carbocycles. The minimum Gasteiger partial charge on any atom is -0.466 e. The third kappa shape index (κ3) is 6.61. The van der Waals surface area contributed by atoms with Crippen LogP contribution < -0.4 is 0 Å². The number of alkyl halides is 3. The molecule has 0 spiro atoms. The normalized spacial score (nSPS) is 11.2. The Kier molecular flexibility index (Phi) is 6.67. The fourth-order valence-corrected chi connectivity index (χ4v) is 2.08. The van der Waals surface area contributed by atoms with E-state index in [1.807, 2.05) is 0 Å². The Labute approximate surface area is 124 Å². The lowest BCUT2D eigenvalue weighted by Crippen LogP contribution is -2.09. The van der Waals surface area contributed by atoms with Crippen molar-refractivity contribution in [3.63, 3.8) is 0 Å². The van der Waals surface area contributed by atoms with Crippen molar-refractivity contribution in [1.29, 1.82) is 0 Å². The van der Waals surface area contributed by atoms with Crippen LogP contribution in [0, 0.1) is 0 Å². The van der Waals surface area contributed by atoms with Crippen molar-refractivity contribution in [2.75, 3.05) is 12.4 Å². The zero-order valence-corrected chi connectivity index (χ0v) is 12.1. The molecule has 1 heterocycles. The average molecular weight is 321 g/mol. The summed E-state index contributed by atoms with van der Waals surface area (Å²) in [6, 6.07) is 2.13. The van der Waals surface area contributed by atoms with Gasteiger partial charge in [-0.25, -0.2) is 4.98 Å². The van der Waals surface area contributed by atoms with Gasteiger partial charge in [0, 0.05) is 12.6 Å². The molecule has 0 unspecified atom stereocenters. The summed E-state index contributed by atoms with van der Waals surface area (Å²) in [5.41, 5.74) is -0.833. The van der Waals surface area contributed by atoms with E-state index in [-0.39, 0.29) is 31.0 Å². The molecule has 4 nitrogen and oxygen atoms in total. The van der Waals surface area contributed by atoms with E-state index in [0.29, 0.717) is 5.03 Å². The van der Waals surface area contributed by atoms with Gasteiger partial charge in [-0.2, -0.15) is 13.2 Å². The number of carbonyl (C=O) groups is 2. The van der Waals surface area contributed by atoms with Gasteiger partial charge in [-0.15, -0.1) is 0 Å². The SMILES string of the molecule is CCOC(=O)CCC(=O)CSc1ccc(C(F)(F)F)cn1. The first kappa shape index (κ1) is 17.5. The zero-order valence-electron chi connectivity index (χ0n) is 11.3. The highest BCUT2D eigenvalue weighted by molar-refractivity contribution is 7.99. The van der Waals surface area contributed by atoms with Crippen LogP contribution >= 0.6 is 11.8 Å². The van der Waals surface area contributed by atoms with Crippen LogP contribution in [0.1, 0.15) is 25.3 Å². The van der Waals surface area contributed by atoms with Gasteiger partial charge in [0.25, 0.3) is 0 Å². The van der Waals surface area contributed by atoms with E-state index in [0.717, 1.165) is 24.0 Å². The molecule has 0 fully saturated rings. The van der Waals surface area contributed by atoms with Crippen molar-refractivity contribution >= 4 is 23.5 Å². The average Bonchev–Trinajstić information content (AvgIpc) is 2.43. The predicted molar refractivity (Wildman–Crippen MR) is 70.8 cm³/mol. The maximum atomic E-state index is 12.3. The number of Topliss-reactive ketones (excluding diaryl/α,β-unsaturated/α-hetero) is 1. The maximum absolute atomic E-state index is 12.3. The van der Waals surface area contributed by atoms with Crippen molar-refractivity contribution in [2.24, 2.45) is 0 Å². The third-order valence-electron chi connectivity index (χ3n) is 2.36. The van der Waals surface area contributed by atoms with E-state index in [2.05, 4.69) is 9.72 Å². The molecule has 0 amide bonds. The Morgan fingerprint density at radius 1 is 1.29 bits per heavy atom. The van der Waals surface area contributed by atoms with Crippen molar-refractivity contribution in [1.82, 2.24) is 4.98 Å². The Morgan fingerprint density at radius 3 is 2.52 bits per heavy atom. The summed E-state index contributed by atoms with van der Waals surface area (Å²) >= 11 is 1.03. The summed E-state index contributed by atoms with van der Waals surface area (Å²) in [4.78, 5) is 26.2. The van der Waals surface area contributed by atoms with Crippen LogP contribution in [0.5, 0.6) is 0 Å². The molecule has 0 radical (unpaired) electrons. The van der Waals surface area contributed by atoms with Crippen LogP contribution in [0.4, 0.5) is 13.2 Å². The molecule has 0 saturated heterocycles. The summed E-state index contributed by atoms with van der Waals surface area (Å²) in [7, 11) is 0. The number of esters is 1. The molecule has 21 heavy (non-hydrogen) atoms. The molecule has 1 aromatic rings. The molecule has 8 heteroatoms. The van der Waals surface area contributed by atoms with Crippen LogP contribution in [0.2, 0.25) is 0 Å². The number of ether oxygens (including phenoxy) is 1. The molecule has 0 aliphatic heterocycles. The molecule has 0 bridgehead atoms. The molecule has 116 valence electrons. The monoisotopic (exact) mass is 321 g/mol. The number of hydrogen-bond acceptors (Lipinski definition) is 5. The standard InChI is InChI=1S/C13H14F3NO3S/c1-2-20-12(19)6-4-10(18)8-21-11-5-3-9(7-17-11)13(14,15)16/h3,5,7H,2,4,6,8H2,1H3. The van der Waals surface area contributed by atoms with Gasteiger partial charge in [0.15, 0.2) is 0 Å². The maximum Gasteiger partial charge on any atom is 0.417 e. The van der Waals surface area contributed by atoms with Crippen molar-refractivity contribution in [3.8, 4) is 0 Å². The van der Waals surface area contributed by atoms with Gasteiger partial charge in [0.2, 0.25) is 0 Å². The number of aromatic nitrogens is 1. The highest BCUT2D eigenvalue weighted by Crippen LogP contribution is 2.29. The minimum atomic E-state index is -4.42. The lowest BCUT2D eigenvalue weighted by Gasteiger charge is -2.06. The fraction of sp³-hybridized carbons (Fsp3) is 0.462. The Bertz CT molecular complexity index is 488. The first-order valence-electron chi connectivity index (χ1n) is 6.16. The van der Waals surface area contributed by atoms with E-state index in [9.17, 15) is 22.8 Å². The first-order chi connectivity index (χ1) is 9.82. The first-order valence-corrected chi connectivity index (χ1v) is 7.15. The molecule has 1 aromatic heterocycles. The quantitative estimate of drug-likeness (QED) is 0.570. The number of nitrogens with zero attached hydrogens (tertiary/aromatic N) is 1. The number of halogens is 3. The Balaban J connectivity index is 2.38. The molecule has 0 aliphatic rings. The lowest BCUT2D eigenvalue weighted by atomic mass is 10.2. The van der Waals surface area contributed by atoms with E-state index in [1.165, 1.54) is 6.07 Å². The number of pyridine rings is 1. The molecule has 0 atom stereocenters. The van der Waals surface area contributed by atoms with Crippen molar-refractivity contribution in [3.05, 3.63) is 23.9 Å². The van der Waals surface area contributed by atoms with Crippen LogP contribution in [-0.4, -0.2) is 29.1 Å². The molecular formula is C13H14F3NO3S. The van der Waals surface area contributed by atoms with Gasteiger partial charge < -0.3 is 4.74 Å². The Hall–Kier alpha value is -1.57. The highest BCUT2D eigenvalue weighted by atomic mass is 32.2. The smallest absolute Gasteiger partial charge is 0.417 e.